The molecule has 0 aromatic carbocycles. The van der Waals surface area contributed by atoms with Crippen LogP contribution in [0.2, 0.25) is 4.34 Å². The van der Waals surface area contributed by atoms with E-state index in [0.29, 0.717) is 4.34 Å². The molecular weight excluding hydrogens is 270 g/mol. The van der Waals surface area contributed by atoms with Gasteiger partial charge in [0.25, 0.3) is 10.0 Å². The third kappa shape index (κ3) is 3.20. The summed E-state index contributed by atoms with van der Waals surface area (Å²) in [6.07, 6.45) is 0. The molecule has 0 atom stereocenters. The third-order valence-corrected chi connectivity index (χ3v) is 4.78. The number of thiophene rings is 1. The molecule has 0 unspecified atom stereocenters. The summed E-state index contributed by atoms with van der Waals surface area (Å²) in [5.41, 5.74) is -0.756. The molecule has 1 N–H and O–H groups in total. The zero-order valence-electron chi connectivity index (χ0n) is 9.07. The van der Waals surface area contributed by atoms with Gasteiger partial charge in [-0.1, -0.05) is 32.4 Å². The van der Waals surface area contributed by atoms with Gasteiger partial charge in [-0.05, 0) is 12.1 Å². The highest BCUT2D eigenvalue weighted by Gasteiger charge is 2.27. The lowest BCUT2D eigenvalue weighted by atomic mass is 9.96. The maximum absolute atomic E-state index is 11.7. The SMILES string of the molecule is CC(C)(C)C(=O)NS(=O)(=O)c1ccc(Cl)s1. The van der Waals surface area contributed by atoms with E-state index in [0.717, 1.165) is 11.3 Å². The molecule has 0 aliphatic heterocycles. The fourth-order valence-corrected chi connectivity index (χ4v) is 3.41. The molecule has 16 heavy (non-hydrogen) atoms. The zero-order chi connectivity index (χ0) is 12.6. The fraction of sp³-hybridized carbons (Fsp3) is 0.444. The van der Waals surface area contributed by atoms with Crippen LogP contribution >= 0.6 is 22.9 Å². The fourth-order valence-electron chi connectivity index (χ4n) is 0.768. The molecule has 1 aromatic heterocycles. The van der Waals surface area contributed by atoms with Crippen LogP contribution in [0.5, 0.6) is 0 Å². The molecule has 0 aliphatic carbocycles. The lowest BCUT2D eigenvalue weighted by Crippen LogP contribution is -2.38. The van der Waals surface area contributed by atoms with E-state index < -0.39 is 21.3 Å². The van der Waals surface area contributed by atoms with E-state index in [-0.39, 0.29) is 4.21 Å². The van der Waals surface area contributed by atoms with Gasteiger partial charge < -0.3 is 0 Å². The Morgan fingerprint density at radius 2 is 1.94 bits per heavy atom. The lowest BCUT2D eigenvalue weighted by molar-refractivity contribution is -0.126. The van der Waals surface area contributed by atoms with Crippen molar-refractivity contribution < 1.29 is 13.2 Å². The topological polar surface area (TPSA) is 63.2 Å². The summed E-state index contributed by atoms with van der Waals surface area (Å²) in [6, 6.07) is 2.84. The van der Waals surface area contributed by atoms with Crippen molar-refractivity contribution in [2.45, 2.75) is 25.0 Å². The number of rotatable bonds is 2. The van der Waals surface area contributed by atoms with Crippen LogP contribution in [-0.4, -0.2) is 14.3 Å². The van der Waals surface area contributed by atoms with E-state index in [1.807, 2.05) is 4.72 Å². The molecule has 0 saturated carbocycles. The second-order valence-corrected chi connectivity index (χ2v) is 7.87. The van der Waals surface area contributed by atoms with E-state index in [4.69, 9.17) is 11.6 Å². The van der Waals surface area contributed by atoms with Gasteiger partial charge in [-0.2, -0.15) is 0 Å². The van der Waals surface area contributed by atoms with Gasteiger partial charge in [0.15, 0.2) is 0 Å². The summed E-state index contributed by atoms with van der Waals surface area (Å²) in [7, 11) is -3.79. The highest BCUT2D eigenvalue weighted by Crippen LogP contribution is 2.26. The first-order chi connectivity index (χ1) is 7.13. The van der Waals surface area contributed by atoms with Gasteiger partial charge in [-0.15, -0.1) is 11.3 Å². The van der Waals surface area contributed by atoms with E-state index in [1.165, 1.54) is 12.1 Å². The number of carbonyl (C=O) groups is 1. The maximum Gasteiger partial charge on any atom is 0.273 e. The van der Waals surface area contributed by atoms with Gasteiger partial charge in [0.1, 0.15) is 4.21 Å². The number of hydrogen-bond acceptors (Lipinski definition) is 4. The van der Waals surface area contributed by atoms with Gasteiger partial charge in [-0.3, -0.25) is 4.79 Å². The minimum atomic E-state index is -3.79. The van der Waals surface area contributed by atoms with E-state index in [2.05, 4.69) is 0 Å². The minimum Gasteiger partial charge on any atom is -0.273 e. The Kier molecular flexibility index (Phi) is 3.66. The molecule has 4 nitrogen and oxygen atoms in total. The first-order valence-electron chi connectivity index (χ1n) is 4.45. The van der Waals surface area contributed by atoms with Crippen LogP contribution in [-0.2, 0) is 14.8 Å². The van der Waals surface area contributed by atoms with Crippen molar-refractivity contribution in [1.29, 1.82) is 0 Å². The van der Waals surface area contributed by atoms with Crippen molar-refractivity contribution in [3.05, 3.63) is 16.5 Å². The molecule has 0 bridgehead atoms. The Balaban J connectivity index is 2.94. The summed E-state index contributed by atoms with van der Waals surface area (Å²) < 4.78 is 25.9. The monoisotopic (exact) mass is 281 g/mol. The summed E-state index contributed by atoms with van der Waals surface area (Å²) in [4.78, 5) is 11.5. The Labute approximate surface area is 104 Å². The number of carbonyl (C=O) groups excluding carboxylic acids is 1. The van der Waals surface area contributed by atoms with E-state index in [1.54, 1.807) is 20.8 Å². The van der Waals surface area contributed by atoms with Crippen molar-refractivity contribution in [2.24, 2.45) is 5.41 Å². The summed E-state index contributed by atoms with van der Waals surface area (Å²) in [6.45, 7) is 4.91. The maximum atomic E-state index is 11.7. The molecule has 0 spiro atoms. The van der Waals surface area contributed by atoms with Crippen LogP contribution in [0.15, 0.2) is 16.3 Å². The van der Waals surface area contributed by atoms with Crippen molar-refractivity contribution in [3.8, 4) is 0 Å². The zero-order valence-corrected chi connectivity index (χ0v) is 11.5. The highest BCUT2D eigenvalue weighted by atomic mass is 35.5. The highest BCUT2D eigenvalue weighted by molar-refractivity contribution is 7.92. The average molecular weight is 282 g/mol. The van der Waals surface area contributed by atoms with Gasteiger partial charge >= 0.3 is 0 Å². The summed E-state index contributed by atoms with van der Waals surface area (Å²) >= 11 is 6.54. The number of amides is 1. The van der Waals surface area contributed by atoms with E-state index in [9.17, 15) is 13.2 Å². The van der Waals surface area contributed by atoms with Crippen LogP contribution in [0.1, 0.15) is 20.8 Å². The molecule has 0 saturated heterocycles. The second kappa shape index (κ2) is 4.35. The number of nitrogens with one attached hydrogen (secondary N) is 1. The number of sulfonamides is 1. The molecule has 90 valence electrons. The van der Waals surface area contributed by atoms with Crippen molar-refractivity contribution >= 4 is 38.9 Å². The van der Waals surface area contributed by atoms with Crippen LogP contribution < -0.4 is 4.72 Å². The van der Waals surface area contributed by atoms with Gasteiger partial charge in [0.05, 0.1) is 4.34 Å². The quantitative estimate of drug-likeness (QED) is 0.904. The Morgan fingerprint density at radius 1 is 1.38 bits per heavy atom. The number of halogens is 1. The Morgan fingerprint density at radius 3 is 2.31 bits per heavy atom. The van der Waals surface area contributed by atoms with Gasteiger partial charge in [-0.25, -0.2) is 13.1 Å². The number of hydrogen-bond donors (Lipinski definition) is 1. The van der Waals surface area contributed by atoms with Crippen LogP contribution in [0.4, 0.5) is 0 Å². The van der Waals surface area contributed by atoms with Crippen LogP contribution in [0, 0.1) is 5.41 Å². The lowest BCUT2D eigenvalue weighted by Gasteiger charge is -2.16. The van der Waals surface area contributed by atoms with Gasteiger partial charge in [0, 0.05) is 5.41 Å². The normalized spacial score (nSPS) is 12.5. The Bertz CT molecular complexity index is 499. The Hall–Kier alpha value is -0.590. The second-order valence-electron chi connectivity index (χ2n) is 4.24. The molecule has 1 heterocycles. The van der Waals surface area contributed by atoms with Crippen molar-refractivity contribution in [3.63, 3.8) is 0 Å². The third-order valence-electron chi connectivity index (χ3n) is 1.72. The summed E-state index contributed by atoms with van der Waals surface area (Å²) in [5.74, 6) is -0.544. The molecule has 0 fully saturated rings. The van der Waals surface area contributed by atoms with Crippen molar-refractivity contribution in [1.82, 2.24) is 4.72 Å². The molecule has 1 amide bonds. The van der Waals surface area contributed by atoms with Crippen LogP contribution in [0.25, 0.3) is 0 Å². The van der Waals surface area contributed by atoms with Crippen molar-refractivity contribution in [2.75, 3.05) is 0 Å². The molecular formula is C9H12ClNO3S2. The van der Waals surface area contributed by atoms with Gasteiger partial charge in [0.2, 0.25) is 5.91 Å². The molecule has 1 aromatic rings. The smallest absolute Gasteiger partial charge is 0.273 e. The summed E-state index contributed by atoms with van der Waals surface area (Å²) in [5, 5.41) is 0. The standard InChI is InChI=1S/C9H12ClNO3S2/c1-9(2,3)8(12)11-16(13,14)7-5-4-6(10)15-7/h4-5H,1-3H3,(H,11,12). The molecule has 1 rings (SSSR count). The largest absolute Gasteiger partial charge is 0.273 e. The average Bonchev–Trinajstić information content (AvgIpc) is 2.49. The van der Waals surface area contributed by atoms with E-state index >= 15 is 0 Å². The first-order valence-corrected chi connectivity index (χ1v) is 7.13. The molecule has 0 radical (unpaired) electrons. The predicted octanol–water partition coefficient (Wildman–Crippen LogP) is 2.25. The minimum absolute atomic E-state index is 0.0371. The predicted molar refractivity (Wildman–Crippen MR) is 64.1 cm³/mol. The molecule has 7 heteroatoms. The first kappa shape index (κ1) is 13.5. The van der Waals surface area contributed by atoms with Crippen LogP contribution in [0.3, 0.4) is 0 Å². The molecule has 0 aliphatic rings.